The van der Waals surface area contributed by atoms with Crippen LogP contribution in [0.5, 0.6) is 11.5 Å². The molecule has 2 aromatic rings. The predicted molar refractivity (Wildman–Crippen MR) is 108 cm³/mol. The zero-order valence-electron chi connectivity index (χ0n) is 16.7. The van der Waals surface area contributed by atoms with E-state index in [2.05, 4.69) is 19.2 Å². The van der Waals surface area contributed by atoms with E-state index in [0.717, 1.165) is 41.9 Å². The van der Waals surface area contributed by atoms with E-state index in [-0.39, 0.29) is 17.6 Å². The third kappa shape index (κ3) is 3.95. The van der Waals surface area contributed by atoms with Crippen LogP contribution in [0.15, 0.2) is 42.5 Å². The van der Waals surface area contributed by atoms with Gasteiger partial charge in [0.05, 0.1) is 12.6 Å². The number of fused-ring (bicyclic) bond motifs is 1. The minimum atomic E-state index is -0.235. The molecule has 0 aliphatic carbocycles. The molecule has 0 fully saturated rings. The van der Waals surface area contributed by atoms with Gasteiger partial charge in [-0.2, -0.15) is 0 Å². The number of hydrogen-bond donors (Lipinski definition) is 1. The summed E-state index contributed by atoms with van der Waals surface area (Å²) in [5, 5.41) is 3.23. The molecule has 0 aromatic heterocycles. The summed E-state index contributed by atoms with van der Waals surface area (Å²) in [6, 6.07) is 13.5. The zero-order chi connectivity index (χ0) is 19.4. The number of carbonyl (C=O) groups excluding carboxylic acids is 1. The number of carbonyl (C=O) groups is 1. The minimum Gasteiger partial charge on any atom is -0.494 e. The normalized spacial score (nSPS) is 17.6. The van der Waals surface area contributed by atoms with Crippen LogP contribution < -0.4 is 14.8 Å². The second-order valence-corrected chi connectivity index (χ2v) is 7.17. The molecule has 1 N–H and O–H groups in total. The van der Waals surface area contributed by atoms with E-state index in [1.54, 1.807) is 0 Å². The average molecular weight is 367 g/mol. The molecule has 0 bridgehead atoms. The van der Waals surface area contributed by atoms with Gasteiger partial charge in [-0.25, -0.2) is 0 Å². The van der Waals surface area contributed by atoms with Crippen LogP contribution in [0.3, 0.4) is 0 Å². The summed E-state index contributed by atoms with van der Waals surface area (Å²) in [4.78, 5) is 12.9. The van der Waals surface area contributed by atoms with E-state index in [1.807, 2.05) is 56.3 Å². The molecule has 4 heteroatoms. The first-order chi connectivity index (χ1) is 13.0. The lowest BCUT2D eigenvalue weighted by atomic mass is 9.83. The van der Waals surface area contributed by atoms with Gasteiger partial charge in [0.25, 0.3) is 5.91 Å². The summed E-state index contributed by atoms with van der Waals surface area (Å²) in [7, 11) is 0. The van der Waals surface area contributed by atoms with Gasteiger partial charge in [-0.3, -0.25) is 4.79 Å². The SMILES string of the molecule is CCOc1ccc(C(=O)N[C@@H]2CC(CC)(CC)Oc3ccccc32)cc1C. The Kier molecular flexibility index (Phi) is 5.73. The molecule has 1 atom stereocenters. The van der Waals surface area contributed by atoms with E-state index in [9.17, 15) is 4.79 Å². The third-order valence-corrected chi connectivity index (χ3v) is 5.53. The molecular weight excluding hydrogens is 338 g/mol. The first-order valence-electron chi connectivity index (χ1n) is 9.84. The molecule has 3 rings (SSSR count). The van der Waals surface area contributed by atoms with Gasteiger partial charge >= 0.3 is 0 Å². The van der Waals surface area contributed by atoms with Crippen molar-refractivity contribution in [3.63, 3.8) is 0 Å². The molecule has 27 heavy (non-hydrogen) atoms. The van der Waals surface area contributed by atoms with Crippen molar-refractivity contribution in [2.75, 3.05) is 6.61 Å². The van der Waals surface area contributed by atoms with Crippen molar-refractivity contribution in [1.82, 2.24) is 5.32 Å². The number of benzene rings is 2. The molecule has 144 valence electrons. The quantitative estimate of drug-likeness (QED) is 0.763. The van der Waals surface area contributed by atoms with Crippen molar-refractivity contribution in [1.29, 1.82) is 0 Å². The highest BCUT2D eigenvalue weighted by molar-refractivity contribution is 5.95. The molecule has 0 unspecified atom stereocenters. The Bertz CT molecular complexity index is 811. The van der Waals surface area contributed by atoms with E-state index < -0.39 is 0 Å². The van der Waals surface area contributed by atoms with Crippen LogP contribution in [0.4, 0.5) is 0 Å². The highest BCUT2D eigenvalue weighted by atomic mass is 16.5. The molecule has 4 nitrogen and oxygen atoms in total. The average Bonchev–Trinajstić information content (AvgIpc) is 2.69. The molecule has 0 saturated carbocycles. The van der Waals surface area contributed by atoms with Gasteiger partial charge < -0.3 is 14.8 Å². The first-order valence-corrected chi connectivity index (χ1v) is 9.84. The number of nitrogens with one attached hydrogen (secondary N) is 1. The van der Waals surface area contributed by atoms with Gasteiger partial charge in [0, 0.05) is 17.5 Å². The Morgan fingerprint density at radius 3 is 2.59 bits per heavy atom. The topological polar surface area (TPSA) is 47.6 Å². The highest BCUT2D eigenvalue weighted by Crippen LogP contribution is 2.42. The van der Waals surface area contributed by atoms with Gasteiger partial charge in [-0.1, -0.05) is 32.0 Å². The van der Waals surface area contributed by atoms with Crippen molar-refractivity contribution in [3.05, 3.63) is 59.2 Å². The third-order valence-electron chi connectivity index (χ3n) is 5.53. The van der Waals surface area contributed by atoms with E-state index in [4.69, 9.17) is 9.47 Å². The molecule has 2 aromatic carbocycles. The second kappa shape index (κ2) is 8.03. The number of ether oxygens (including phenoxy) is 2. The van der Waals surface area contributed by atoms with Crippen molar-refractivity contribution in [3.8, 4) is 11.5 Å². The van der Waals surface area contributed by atoms with Crippen molar-refractivity contribution in [2.24, 2.45) is 0 Å². The van der Waals surface area contributed by atoms with Crippen LogP contribution in [0.25, 0.3) is 0 Å². The van der Waals surface area contributed by atoms with Gasteiger partial charge in [0.2, 0.25) is 0 Å². The van der Waals surface area contributed by atoms with Crippen molar-refractivity contribution >= 4 is 5.91 Å². The van der Waals surface area contributed by atoms with Crippen LogP contribution in [0.1, 0.15) is 67.6 Å². The summed E-state index contributed by atoms with van der Waals surface area (Å²) in [6.45, 7) is 8.82. The van der Waals surface area contributed by atoms with Gasteiger partial charge in [0.1, 0.15) is 17.1 Å². The van der Waals surface area contributed by atoms with Gasteiger partial charge in [-0.05, 0) is 56.5 Å². The lowest BCUT2D eigenvalue weighted by molar-refractivity contribution is 0.0227. The molecule has 1 aliphatic rings. The summed E-state index contributed by atoms with van der Waals surface area (Å²) >= 11 is 0. The van der Waals surface area contributed by atoms with Crippen molar-refractivity contribution < 1.29 is 14.3 Å². The maximum Gasteiger partial charge on any atom is 0.251 e. The maximum atomic E-state index is 12.9. The standard InChI is InChI=1S/C23H29NO3/c1-5-23(6-2)15-19(18-10-8-9-11-21(18)27-23)24-22(25)17-12-13-20(26-7-3)16(4)14-17/h8-14,19H,5-7,15H2,1-4H3,(H,24,25)/t19-/m1/s1. The molecule has 1 aliphatic heterocycles. The van der Waals surface area contributed by atoms with E-state index in [1.165, 1.54) is 0 Å². The number of aryl methyl sites for hydroxylation is 1. The zero-order valence-corrected chi connectivity index (χ0v) is 16.7. The molecule has 0 saturated heterocycles. The Labute approximate surface area is 161 Å². The van der Waals surface area contributed by atoms with Gasteiger partial charge in [-0.15, -0.1) is 0 Å². The highest BCUT2D eigenvalue weighted by Gasteiger charge is 2.39. The molecule has 0 spiro atoms. The predicted octanol–water partition coefficient (Wildman–Crippen LogP) is 5.21. The van der Waals surface area contributed by atoms with Gasteiger partial charge in [0.15, 0.2) is 0 Å². The molecular formula is C23H29NO3. The summed E-state index contributed by atoms with van der Waals surface area (Å²) in [5.41, 5.74) is 2.43. The Balaban J connectivity index is 1.85. The smallest absolute Gasteiger partial charge is 0.251 e. The summed E-state index contributed by atoms with van der Waals surface area (Å²) < 4.78 is 11.9. The second-order valence-electron chi connectivity index (χ2n) is 7.17. The van der Waals surface area contributed by atoms with Crippen LogP contribution in [-0.4, -0.2) is 18.1 Å². The number of hydrogen-bond acceptors (Lipinski definition) is 3. The van der Waals surface area contributed by atoms with E-state index in [0.29, 0.717) is 12.2 Å². The van der Waals surface area contributed by atoms with Crippen LogP contribution in [0.2, 0.25) is 0 Å². The fourth-order valence-electron chi connectivity index (χ4n) is 3.78. The monoisotopic (exact) mass is 367 g/mol. The fraction of sp³-hybridized carbons (Fsp3) is 0.435. The van der Waals surface area contributed by atoms with Crippen LogP contribution in [0, 0.1) is 6.92 Å². The maximum absolute atomic E-state index is 12.9. The molecule has 0 radical (unpaired) electrons. The Morgan fingerprint density at radius 2 is 1.93 bits per heavy atom. The largest absolute Gasteiger partial charge is 0.494 e. The lowest BCUT2D eigenvalue weighted by Gasteiger charge is -2.41. The summed E-state index contributed by atoms with van der Waals surface area (Å²) in [5.74, 6) is 1.63. The summed E-state index contributed by atoms with van der Waals surface area (Å²) in [6.07, 6.45) is 2.59. The van der Waals surface area contributed by atoms with Crippen LogP contribution >= 0.6 is 0 Å². The Hall–Kier alpha value is -2.49. The minimum absolute atomic E-state index is 0.0609. The molecule has 1 heterocycles. The van der Waals surface area contributed by atoms with Crippen LogP contribution in [-0.2, 0) is 0 Å². The molecule has 1 amide bonds. The number of amides is 1. The fourth-order valence-corrected chi connectivity index (χ4v) is 3.78. The number of rotatable bonds is 6. The van der Waals surface area contributed by atoms with Crippen molar-refractivity contribution in [2.45, 2.75) is 58.6 Å². The lowest BCUT2D eigenvalue weighted by Crippen LogP contribution is -2.44. The first kappa shape index (κ1) is 19.3. The number of para-hydroxylation sites is 1. The Morgan fingerprint density at radius 1 is 1.19 bits per heavy atom. The van der Waals surface area contributed by atoms with E-state index >= 15 is 0 Å².